The molecule has 1 aromatic heterocycles. The third kappa shape index (κ3) is 4.42. The number of carbonyl (C=O) groups excluding carboxylic acids is 1. The number of benzene rings is 1. The van der Waals surface area contributed by atoms with Gasteiger partial charge in [0.05, 0.1) is 11.2 Å². The molecular formula is C18H25N3O2. The summed E-state index contributed by atoms with van der Waals surface area (Å²) in [7, 11) is 0. The maximum Gasteiger partial charge on any atom is 0.299 e. The highest BCUT2D eigenvalue weighted by Gasteiger charge is 2.10. The molecule has 2 N–H and O–H groups in total. The smallest absolute Gasteiger partial charge is 0.299 e. The molecular weight excluding hydrogens is 290 g/mol. The SMILES string of the molecule is CCNc1cc2cc(CCNC(C)C)cc(C)c2nc1OC=O. The highest BCUT2D eigenvalue weighted by molar-refractivity contribution is 5.87. The Morgan fingerprint density at radius 2 is 2.09 bits per heavy atom. The molecule has 0 saturated carbocycles. The van der Waals surface area contributed by atoms with E-state index in [1.54, 1.807) is 0 Å². The zero-order chi connectivity index (χ0) is 16.8. The number of nitrogens with zero attached hydrogens (tertiary/aromatic N) is 1. The Kier molecular flexibility index (Phi) is 5.93. The molecule has 23 heavy (non-hydrogen) atoms. The van der Waals surface area contributed by atoms with Crippen LogP contribution >= 0.6 is 0 Å². The molecule has 0 aliphatic rings. The molecule has 1 heterocycles. The molecule has 0 radical (unpaired) electrons. The molecule has 0 fully saturated rings. The molecule has 2 rings (SSSR count). The van der Waals surface area contributed by atoms with Gasteiger partial charge < -0.3 is 15.4 Å². The van der Waals surface area contributed by atoms with E-state index in [0.29, 0.717) is 18.4 Å². The molecule has 124 valence electrons. The molecule has 5 nitrogen and oxygen atoms in total. The van der Waals surface area contributed by atoms with E-state index in [4.69, 9.17) is 4.74 Å². The van der Waals surface area contributed by atoms with Crippen LogP contribution in [0.15, 0.2) is 18.2 Å². The minimum absolute atomic E-state index is 0.326. The second-order valence-corrected chi connectivity index (χ2v) is 5.93. The fraction of sp³-hybridized carbons (Fsp3) is 0.444. The van der Waals surface area contributed by atoms with Crippen molar-refractivity contribution < 1.29 is 9.53 Å². The second-order valence-electron chi connectivity index (χ2n) is 5.93. The third-order valence-electron chi connectivity index (χ3n) is 3.63. The molecule has 0 saturated heterocycles. The van der Waals surface area contributed by atoms with Gasteiger partial charge in [-0.2, -0.15) is 0 Å². The summed E-state index contributed by atoms with van der Waals surface area (Å²) >= 11 is 0. The van der Waals surface area contributed by atoms with Crippen LogP contribution in [0.2, 0.25) is 0 Å². The first-order valence-electron chi connectivity index (χ1n) is 8.07. The third-order valence-corrected chi connectivity index (χ3v) is 3.63. The number of fused-ring (bicyclic) bond motifs is 1. The first kappa shape index (κ1) is 17.2. The van der Waals surface area contributed by atoms with Crippen molar-refractivity contribution in [1.29, 1.82) is 0 Å². The van der Waals surface area contributed by atoms with E-state index >= 15 is 0 Å². The Morgan fingerprint density at radius 1 is 1.30 bits per heavy atom. The van der Waals surface area contributed by atoms with Gasteiger partial charge in [0.1, 0.15) is 0 Å². The van der Waals surface area contributed by atoms with Crippen molar-refractivity contribution in [1.82, 2.24) is 10.3 Å². The molecule has 1 aromatic carbocycles. The van der Waals surface area contributed by atoms with Crippen LogP contribution in [0.3, 0.4) is 0 Å². The van der Waals surface area contributed by atoms with E-state index < -0.39 is 0 Å². The van der Waals surface area contributed by atoms with Crippen molar-refractivity contribution in [3.63, 3.8) is 0 Å². The predicted octanol–water partition coefficient (Wildman–Crippen LogP) is 3.05. The van der Waals surface area contributed by atoms with Crippen LogP contribution in [0.5, 0.6) is 5.88 Å². The number of nitrogens with one attached hydrogen (secondary N) is 2. The number of hydrogen-bond donors (Lipinski definition) is 2. The van der Waals surface area contributed by atoms with E-state index in [1.165, 1.54) is 5.56 Å². The molecule has 5 heteroatoms. The monoisotopic (exact) mass is 315 g/mol. The number of ether oxygens (including phenoxy) is 1. The lowest BCUT2D eigenvalue weighted by Crippen LogP contribution is -2.24. The molecule has 0 amide bonds. The van der Waals surface area contributed by atoms with Crippen LogP contribution in [0, 0.1) is 6.92 Å². The lowest BCUT2D eigenvalue weighted by molar-refractivity contribution is -0.120. The number of aromatic nitrogens is 1. The molecule has 0 unspecified atom stereocenters. The van der Waals surface area contributed by atoms with Crippen molar-refractivity contribution in [2.75, 3.05) is 18.4 Å². The fourth-order valence-electron chi connectivity index (χ4n) is 2.63. The summed E-state index contributed by atoms with van der Waals surface area (Å²) in [5.41, 5.74) is 3.96. The number of aryl methyl sites for hydroxylation is 1. The Morgan fingerprint density at radius 3 is 2.74 bits per heavy atom. The summed E-state index contributed by atoms with van der Waals surface area (Å²) in [6.07, 6.45) is 0.970. The van der Waals surface area contributed by atoms with Gasteiger partial charge in [-0.3, -0.25) is 4.79 Å². The average Bonchev–Trinajstić information content (AvgIpc) is 2.48. The zero-order valence-electron chi connectivity index (χ0n) is 14.3. The number of rotatable bonds is 8. The fourth-order valence-corrected chi connectivity index (χ4v) is 2.63. The number of hydrogen-bond acceptors (Lipinski definition) is 5. The molecule has 0 bridgehead atoms. The molecule has 2 aromatic rings. The summed E-state index contributed by atoms with van der Waals surface area (Å²) in [4.78, 5) is 15.2. The first-order chi connectivity index (χ1) is 11.0. The first-order valence-corrected chi connectivity index (χ1v) is 8.07. The van der Waals surface area contributed by atoms with Crippen LogP contribution in [0.25, 0.3) is 10.9 Å². The van der Waals surface area contributed by atoms with E-state index in [9.17, 15) is 4.79 Å². The largest absolute Gasteiger partial charge is 0.407 e. The van der Waals surface area contributed by atoms with Gasteiger partial charge >= 0.3 is 0 Å². The van der Waals surface area contributed by atoms with Crippen LogP contribution in [0.1, 0.15) is 31.9 Å². The highest BCUT2D eigenvalue weighted by atomic mass is 16.5. The van der Waals surface area contributed by atoms with Gasteiger partial charge in [-0.1, -0.05) is 19.9 Å². The minimum Gasteiger partial charge on any atom is -0.407 e. The quantitative estimate of drug-likeness (QED) is 0.733. The van der Waals surface area contributed by atoms with Crippen molar-refractivity contribution in [3.8, 4) is 5.88 Å². The van der Waals surface area contributed by atoms with Gasteiger partial charge in [0.15, 0.2) is 0 Å². The highest BCUT2D eigenvalue weighted by Crippen LogP contribution is 2.29. The Balaban J connectivity index is 2.37. The van der Waals surface area contributed by atoms with Crippen molar-refractivity contribution in [2.45, 2.75) is 40.2 Å². The van der Waals surface area contributed by atoms with Crippen molar-refractivity contribution in [2.24, 2.45) is 0 Å². The summed E-state index contributed by atoms with van der Waals surface area (Å²) < 4.78 is 5.01. The van der Waals surface area contributed by atoms with Gasteiger partial charge in [0, 0.05) is 18.0 Å². The summed E-state index contributed by atoms with van der Waals surface area (Å²) in [6, 6.07) is 6.79. The standard InChI is InChI=1S/C18H25N3O2/c1-5-19-16-10-15-9-14(6-7-20-12(2)3)8-13(4)17(15)21-18(16)23-11-22/h8-12,19-20H,5-7H2,1-4H3. The van der Waals surface area contributed by atoms with Crippen molar-refractivity contribution in [3.05, 3.63) is 29.3 Å². The Bertz CT molecular complexity index is 684. The zero-order valence-corrected chi connectivity index (χ0v) is 14.3. The summed E-state index contributed by atoms with van der Waals surface area (Å²) in [5, 5.41) is 7.68. The molecule has 0 atom stereocenters. The normalized spacial score (nSPS) is 11.0. The van der Waals surface area contributed by atoms with Gasteiger partial charge in [-0.15, -0.1) is 0 Å². The lowest BCUT2D eigenvalue weighted by atomic mass is 10.0. The van der Waals surface area contributed by atoms with E-state index in [1.807, 2.05) is 19.9 Å². The van der Waals surface area contributed by atoms with Gasteiger partial charge in [0.2, 0.25) is 5.88 Å². The topological polar surface area (TPSA) is 63.3 Å². The number of anilines is 1. The summed E-state index contributed by atoms with van der Waals surface area (Å²) in [5.74, 6) is 0.326. The van der Waals surface area contributed by atoms with Gasteiger partial charge in [-0.05, 0) is 50.1 Å². The molecule has 0 aliphatic heterocycles. The second kappa shape index (κ2) is 7.92. The molecule has 0 spiro atoms. The Hall–Kier alpha value is -2.14. The molecule has 0 aliphatic carbocycles. The Labute approximate surface area is 137 Å². The number of pyridine rings is 1. The van der Waals surface area contributed by atoms with Crippen LogP contribution in [-0.2, 0) is 11.2 Å². The average molecular weight is 315 g/mol. The van der Waals surface area contributed by atoms with Crippen molar-refractivity contribution >= 4 is 23.1 Å². The lowest BCUT2D eigenvalue weighted by Gasteiger charge is -2.13. The summed E-state index contributed by atoms with van der Waals surface area (Å²) in [6.45, 7) is 10.4. The maximum atomic E-state index is 10.7. The maximum absolute atomic E-state index is 10.7. The van der Waals surface area contributed by atoms with Gasteiger partial charge in [0.25, 0.3) is 6.47 Å². The van der Waals surface area contributed by atoms with Gasteiger partial charge in [-0.25, -0.2) is 4.98 Å². The minimum atomic E-state index is 0.326. The van der Waals surface area contributed by atoms with E-state index in [0.717, 1.165) is 41.7 Å². The predicted molar refractivity (Wildman–Crippen MR) is 94.2 cm³/mol. The number of carbonyl (C=O) groups is 1. The van der Waals surface area contributed by atoms with Crippen LogP contribution in [0.4, 0.5) is 5.69 Å². The van der Waals surface area contributed by atoms with Crippen LogP contribution < -0.4 is 15.4 Å². The van der Waals surface area contributed by atoms with E-state index in [-0.39, 0.29) is 0 Å². The van der Waals surface area contributed by atoms with Crippen LogP contribution in [-0.4, -0.2) is 30.6 Å². The van der Waals surface area contributed by atoms with E-state index in [2.05, 4.69) is 41.6 Å².